The van der Waals surface area contributed by atoms with Gasteiger partial charge in [-0.25, -0.2) is 13.4 Å². The molecule has 0 bridgehead atoms. The maximum absolute atomic E-state index is 12.4. The van der Waals surface area contributed by atoms with E-state index in [9.17, 15) is 21.6 Å². The van der Waals surface area contributed by atoms with Gasteiger partial charge in [0.15, 0.2) is 0 Å². The first-order chi connectivity index (χ1) is 14.2. The molecule has 0 radical (unpaired) electrons. The molecule has 10 heteroatoms. The number of halogens is 3. The van der Waals surface area contributed by atoms with Crippen molar-refractivity contribution < 1.29 is 21.6 Å². The van der Waals surface area contributed by atoms with Crippen LogP contribution in [0.2, 0.25) is 0 Å². The van der Waals surface area contributed by atoms with Crippen molar-refractivity contribution in [3.05, 3.63) is 59.9 Å². The Hall–Kier alpha value is -2.72. The molecule has 3 aromatic rings. The molecule has 3 heterocycles. The Labute approximate surface area is 171 Å². The van der Waals surface area contributed by atoms with Crippen LogP contribution in [-0.4, -0.2) is 41.2 Å². The highest BCUT2D eigenvalue weighted by atomic mass is 32.2. The van der Waals surface area contributed by atoms with E-state index in [1.807, 2.05) is 30.3 Å². The van der Waals surface area contributed by atoms with E-state index in [0.29, 0.717) is 12.2 Å². The SMILES string of the molecule is O=S(=O)(CCC(F)(F)F)N1CCc2c(ccnc2Nc2cnc3ccccc3c2)C1. The molecule has 0 saturated carbocycles. The summed E-state index contributed by atoms with van der Waals surface area (Å²) in [5.74, 6) is -0.345. The number of sulfonamides is 1. The second-order valence-corrected chi connectivity index (χ2v) is 9.19. The van der Waals surface area contributed by atoms with Crippen molar-refractivity contribution in [1.82, 2.24) is 14.3 Å². The van der Waals surface area contributed by atoms with Gasteiger partial charge in [-0.2, -0.15) is 17.5 Å². The Morgan fingerprint density at radius 2 is 1.93 bits per heavy atom. The van der Waals surface area contributed by atoms with E-state index >= 15 is 0 Å². The van der Waals surface area contributed by atoms with Gasteiger partial charge in [-0.05, 0) is 30.2 Å². The van der Waals surface area contributed by atoms with Crippen molar-refractivity contribution in [2.24, 2.45) is 0 Å². The summed E-state index contributed by atoms with van der Waals surface area (Å²) in [6.07, 6.45) is -2.24. The molecule has 1 N–H and O–H groups in total. The number of hydrogen-bond acceptors (Lipinski definition) is 5. The van der Waals surface area contributed by atoms with Crippen LogP contribution in [0.3, 0.4) is 0 Å². The zero-order valence-corrected chi connectivity index (χ0v) is 16.7. The maximum atomic E-state index is 12.4. The van der Waals surface area contributed by atoms with Crippen LogP contribution < -0.4 is 5.32 Å². The van der Waals surface area contributed by atoms with Crippen molar-refractivity contribution in [2.75, 3.05) is 17.6 Å². The van der Waals surface area contributed by atoms with Crippen LogP contribution in [-0.2, 0) is 23.0 Å². The van der Waals surface area contributed by atoms with E-state index in [2.05, 4.69) is 15.3 Å². The molecular weight excluding hydrogens is 417 g/mol. The van der Waals surface area contributed by atoms with Gasteiger partial charge in [-0.1, -0.05) is 18.2 Å². The molecule has 0 aliphatic carbocycles. The summed E-state index contributed by atoms with van der Waals surface area (Å²) in [6, 6.07) is 11.3. The van der Waals surface area contributed by atoms with Crippen LogP contribution >= 0.6 is 0 Å². The molecule has 1 aromatic carbocycles. The predicted octanol–water partition coefficient (Wildman–Crippen LogP) is 4.01. The molecule has 0 fully saturated rings. The fourth-order valence-electron chi connectivity index (χ4n) is 3.46. The van der Waals surface area contributed by atoms with Gasteiger partial charge in [0.2, 0.25) is 10.0 Å². The number of rotatable bonds is 5. The summed E-state index contributed by atoms with van der Waals surface area (Å²) < 4.78 is 63.1. The van der Waals surface area contributed by atoms with Gasteiger partial charge >= 0.3 is 6.18 Å². The summed E-state index contributed by atoms with van der Waals surface area (Å²) in [4.78, 5) is 8.77. The van der Waals surface area contributed by atoms with E-state index in [-0.39, 0.29) is 13.1 Å². The summed E-state index contributed by atoms with van der Waals surface area (Å²) in [5.41, 5.74) is 3.19. The number of nitrogens with zero attached hydrogens (tertiary/aromatic N) is 3. The lowest BCUT2D eigenvalue weighted by Gasteiger charge is -2.29. The topological polar surface area (TPSA) is 75.2 Å². The van der Waals surface area contributed by atoms with Gasteiger partial charge in [0.1, 0.15) is 5.82 Å². The normalized spacial score (nSPS) is 15.2. The molecular formula is C20H19F3N4O2S. The summed E-state index contributed by atoms with van der Waals surface area (Å²) in [5, 5.41) is 4.20. The van der Waals surface area contributed by atoms with Gasteiger partial charge < -0.3 is 5.32 Å². The van der Waals surface area contributed by atoms with E-state index in [1.165, 1.54) is 0 Å². The minimum atomic E-state index is -4.50. The average molecular weight is 436 g/mol. The van der Waals surface area contributed by atoms with Gasteiger partial charge in [-0.15, -0.1) is 0 Å². The van der Waals surface area contributed by atoms with Crippen LogP contribution in [0.15, 0.2) is 48.8 Å². The highest BCUT2D eigenvalue weighted by molar-refractivity contribution is 7.89. The lowest BCUT2D eigenvalue weighted by molar-refractivity contribution is -0.130. The fraction of sp³-hybridized carbons (Fsp3) is 0.300. The molecule has 0 atom stereocenters. The average Bonchev–Trinajstić information content (AvgIpc) is 2.72. The van der Waals surface area contributed by atoms with E-state index in [0.717, 1.165) is 32.0 Å². The first-order valence-corrected chi connectivity index (χ1v) is 11.0. The van der Waals surface area contributed by atoms with E-state index in [1.54, 1.807) is 18.5 Å². The molecule has 2 aromatic heterocycles. The number of aromatic nitrogens is 2. The monoisotopic (exact) mass is 436 g/mol. The van der Waals surface area contributed by atoms with Gasteiger partial charge in [-0.3, -0.25) is 4.98 Å². The van der Waals surface area contributed by atoms with Gasteiger partial charge in [0.25, 0.3) is 0 Å². The lowest BCUT2D eigenvalue weighted by Crippen LogP contribution is -2.38. The Kier molecular flexibility index (Phi) is 5.37. The highest BCUT2D eigenvalue weighted by Crippen LogP contribution is 2.29. The van der Waals surface area contributed by atoms with Crippen LogP contribution in [0.1, 0.15) is 17.5 Å². The molecule has 0 unspecified atom stereocenters. The number of para-hydroxylation sites is 1. The quantitative estimate of drug-likeness (QED) is 0.654. The first-order valence-electron chi connectivity index (χ1n) is 9.34. The largest absolute Gasteiger partial charge is 0.390 e. The summed E-state index contributed by atoms with van der Waals surface area (Å²) in [6.45, 7) is 0.145. The van der Waals surface area contributed by atoms with E-state index in [4.69, 9.17) is 0 Å². The number of alkyl halides is 3. The number of anilines is 2. The van der Waals surface area contributed by atoms with Crippen LogP contribution in [0.25, 0.3) is 10.9 Å². The smallest absolute Gasteiger partial charge is 0.339 e. The molecule has 4 rings (SSSR count). The van der Waals surface area contributed by atoms with Crippen LogP contribution in [0.5, 0.6) is 0 Å². The Morgan fingerprint density at radius 1 is 1.13 bits per heavy atom. The number of hydrogen-bond donors (Lipinski definition) is 1. The van der Waals surface area contributed by atoms with Gasteiger partial charge in [0.05, 0.1) is 29.6 Å². The number of nitrogens with one attached hydrogen (secondary N) is 1. The molecule has 0 saturated heterocycles. The zero-order chi connectivity index (χ0) is 21.4. The Bertz CT molecular complexity index is 1180. The first kappa shape index (κ1) is 20.5. The third-order valence-corrected chi connectivity index (χ3v) is 6.82. The predicted molar refractivity (Wildman–Crippen MR) is 108 cm³/mol. The molecule has 30 heavy (non-hydrogen) atoms. The lowest BCUT2D eigenvalue weighted by atomic mass is 10.0. The molecule has 0 amide bonds. The fourth-order valence-corrected chi connectivity index (χ4v) is 4.91. The summed E-state index contributed by atoms with van der Waals surface area (Å²) in [7, 11) is -3.99. The highest BCUT2D eigenvalue weighted by Gasteiger charge is 2.34. The molecule has 1 aliphatic rings. The molecule has 0 spiro atoms. The maximum Gasteiger partial charge on any atom is 0.390 e. The van der Waals surface area contributed by atoms with Crippen molar-refractivity contribution in [2.45, 2.75) is 25.6 Å². The van der Waals surface area contributed by atoms with E-state index < -0.39 is 28.4 Å². The number of fused-ring (bicyclic) bond motifs is 2. The third kappa shape index (κ3) is 4.54. The van der Waals surface area contributed by atoms with Crippen molar-refractivity contribution in [3.63, 3.8) is 0 Å². The molecule has 1 aliphatic heterocycles. The molecule has 6 nitrogen and oxygen atoms in total. The third-order valence-electron chi connectivity index (χ3n) is 5.00. The van der Waals surface area contributed by atoms with Crippen LogP contribution in [0.4, 0.5) is 24.7 Å². The minimum absolute atomic E-state index is 0.0305. The Morgan fingerprint density at radius 3 is 2.73 bits per heavy atom. The van der Waals surface area contributed by atoms with Crippen molar-refractivity contribution in [1.29, 1.82) is 0 Å². The number of pyridine rings is 2. The Balaban J connectivity index is 1.54. The minimum Gasteiger partial charge on any atom is -0.339 e. The standard InChI is InChI=1S/C20H19F3N4O2S/c21-20(22,23)7-10-30(28,29)27-9-6-17-15(13-27)5-8-24-19(17)26-16-11-14-3-1-2-4-18(14)25-12-16/h1-5,8,11-12H,6-7,9-10,13H2,(H,24,26). The summed E-state index contributed by atoms with van der Waals surface area (Å²) >= 11 is 0. The van der Waals surface area contributed by atoms with Gasteiger partial charge in [0, 0.05) is 30.2 Å². The second-order valence-electron chi connectivity index (χ2n) is 7.10. The van der Waals surface area contributed by atoms with Crippen LogP contribution in [0, 0.1) is 0 Å². The second kappa shape index (κ2) is 7.84. The zero-order valence-electron chi connectivity index (χ0n) is 15.9. The van der Waals surface area contributed by atoms with Crippen molar-refractivity contribution >= 4 is 32.4 Å². The molecule has 158 valence electrons. The van der Waals surface area contributed by atoms with Crippen molar-refractivity contribution in [3.8, 4) is 0 Å². The number of benzene rings is 1.